The fourth-order valence-corrected chi connectivity index (χ4v) is 7.66. The van der Waals surface area contributed by atoms with Gasteiger partial charge in [0.05, 0.1) is 10.4 Å². The zero-order valence-corrected chi connectivity index (χ0v) is 30.2. The highest BCUT2D eigenvalue weighted by molar-refractivity contribution is 7.89. The van der Waals surface area contributed by atoms with Crippen LogP contribution in [0.15, 0.2) is 65.6 Å². The number of fused-ring (bicyclic) bond motifs is 2. The Labute approximate surface area is 298 Å². The lowest BCUT2D eigenvalue weighted by atomic mass is 9.82. The van der Waals surface area contributed by atoms with Crippen molar-refractivity contribution in [2.24, 2.45) is 11.8 Å². The number of carbonyl (C=O) groups is 1. The van der Waals surface area contributed by atoms with E-state index in [1.165, 1.54) is 0 Å². The molecule has 11 nitrogen and oxygen atoms in total. The molecule has 0 saturated heterocycles. The van der Waals surface area contributed by atoms with E-state index in [1.54, 1.807) is 6.07 Å². The molecule has 3 aromatic carbocycles. The molecule has 1 aliphatic rings. The Bertz CT molecular complexity index is 1830. The smallest absolute Gasteiger partial charge is 0.407 e. The van der Waals surface area contributed by atoms with Crippen molar-refractivity contribution >= 4 is 55.2 Å². The van der Waals surface area contributed by atoms with Crippen molar-refractivity contribution in [3.8, 4) is 0 Å². The second-order valence-electron chi connectivity index (χ2n) is 14.1. The van der Waals surface area contributed by atoms with Gasteiger partial charge in [-0.15, -0.1) is 0 Å². The Morgan fingerprint density at radius 2 is 1.46 bits per heavy atom. The predicted octanol–water partition coefficient (Wildman–Crippen LogP) is 7.40. The minimum atomic E-state index is -3.66. The van der Waals surface area contributed by atoms with Crippen LogP contribution in [0, 0.1) is 11.8 Å². The van der Waals surface area contributed by atoms with E-state index in [0.717, 1.165) is 78.3 Å². The zero-order chi connectivity index (χ0) is 35.0. The molecule has 1 amide bonds. The van der Waals surface area contributed by atoms with Gasteiger partial charge in [-0.05, 0) is 95.4 Å². The largest absolute Gasteiger partial charge is 0.444 e. The van der Waals surface area contributed by atoms with Crippen molar-refractivity contribution < 1.29 is 17.9 Å². The molecule has 0 atom stereocenters. The number of para-hydroxylation sites is 1. The second kappa shape index (κ2) is 17.2. The number of aromatic nitrogens is 2. The SMILES string of the molecule is C.CN(C)c1cccc2c(S(=O)(=O)NCC3CCC(CNc4nc(NCCCCNC(=O)OC(C)(C)C)c5ccccc5n4)CC3)cccc12. The normalized spacial score (nSPS) is 16.4. The minimum Gasteiger partial charge on any atom is -0.444 e. The summed E-state index contributed by atoms with van der Waals surface area (Å²) in [5.41, 5.74) is 1.35. The number of carbonyl (C=O) groups excluding carboxylic acids is 1. The molecular formula is C38H55N7O4S. The summed E-state index contributed by atoms with van der Waals surface area (Å²) in [6, 6.07) is 19.2. The third-order valence-corrected chi connectivity index (χ3v) is 10.4. The summed E-state index contributed by atoms with van der Waals surface area (Å²) in [7, 11) is 0.268. The van der Waals surface area contributed by atoms with Gasteiger partial charge in [0.1, 0.15) is 11.4 Å². The summed E-state index contributed by atoms with van der Waals surface area (Å²) >= 11 is 0. The monoisotopic (exact) mass is 705 g/mol. The predicted molar refractivity (Wildman–Crippen MR) is 206 cm³/mol. The molecule has 1 aromatic heterocycles. The van der Waals surface area contributed by atoms with Crippen molar-refractivity contribution in [2.45, 2.75) is 77.2 Å². The van der Waals surface area contributed by atoms with Gasteiger partial charge >= 0.3 is 6.09 Å². The highest BCUT2D eigenvalue weighted by atomic mass is 32.2. The Morgan fingerprint density at radius 1 is 0.820 bits per heavy atom. The lowest BCUT2D eigenvalue weighted by Gasteiger charge is -2.29. The molecule has 4 aromatic rings. The molecule has 0 bridgehead atoms. The maximum Gasteiger partial charge on any atom is 0.407 e. The minimum absolute atomic E-state index is 0. The van der Waals surface area contributed by atoms with Crippen LogP contribution < -0.4 is 25.6 Å². The first-order valence-electron chi connectivity index (χ1n) is 17.3. The molecule has 1 aliphatic carbocycles. The summed E-state index contributed by atoms with van der Waals surface area (Å²) in [5.74, 6) is 2.13. The number of ether oxygens (including phenoxy) is 1. The number of nitrogens with one attached hydrogen (secondary N) is 4. The van der Waals surface area contributed by atoms with Gasteiger partial charge in [-0.1, -0.05) is 43.8 Å². The molecule has 0 aliphatic heterocycles. The fraction of sp³-hybridized carbons (Fsp3) is 0.500. The fourth-order valence-electron chi connectivity index (χ4n) is 6.32. The average molecular weight is 706 g/mol. The van der Waals surface area contributed by atoms with E-state index in [4.69, 9.17) is 14.7 Å². The van der Waals surface area contributed by atoms with E-state index < -0.39 is 21.7 Å². The number of amides is 1. The van der Waals surface area contributed by atoms with Crippen LogP contribution in [0.25, 0.3) is 21.7 Å². The van der Waals surface area contributed by atoms with Crippen LogP contribution in [0.4, 0.5) is 22.2 Å². The van der Waals surface area contributed by atoms with Gasteiger partial charge in [-0.3, -0.25) is 0 Å². The van der Waals surface area contributed by atoms with Gasteiger partial charge in [0, 0.05) is 62.1 Å². The van der Waals surface area contributed by atoms with Crippen LogP contribution in [-0.2, 0) is 14.8 Å². The summed E-state index contributed by atoms with van der Waals surface area (Å²) in [5, 5.41) is 12.4. The highest BCUT2D eigenvalue weighted by Gasteiger charge is 2.25. The first-order chi connectivity index (χ1) is 23.4. The van der Waals surface area contributed by atoms with Gasteiger partial charge in [0.15, 0.2) is 0 Å². The number of hydrogen-bond donors (Lipinski definition) is 4. The third-order valence-electron chi connectivity index (χ3n) is 8.88. The lowest BCUT2D eigenvalue weighted by molar-refractivity contribution is 0.0527. The molecular weight excluding hydrogens is 651 g/mol. The number of benzene rings is 3. The van der Waals surface area contributed by atoms with Gasteiger partial charge in [-0.25, -0.2) is 22.9 Å². The Morgan fingerprint density at radius 3 is 2.18 bits per heavy atom. The van der Waals surface area contributed by atoms with Crippen molar-refractivity contribution in [3.05, 3.63) is 60.7 Å². The molecule has 0 spiro atoms. The molecule has 0 radical (unpaired) electrons. The molecule has 1 heterocycles. The second-order valence-corrected chi connectivity index (χ2v) is 15.9. The van der Waals surface area contributed by atoms with Crippen molar-refractivity contribution in [3.63, 3.8) is 0 Å². The van der Waals surface area contributed by atoms with E-state index in [-0.39, 0.29) is 7.43 Å². The molecule has 50 heavy (non-hydrogen) atoms. The third kappa shape index (κ3) is 10.4. The number of hydrogen-bond acceptors (Lipinski definition) is 9. The molecule has 0 unspecified atom stereocenters. The molecule has 4 N–H and O–H groups in total. The van der Waals surface area contributed by atoms with E-state index in [1.807, 2.05) is 94.4 Å². The number of unbranched alkanes of at least 4 members (excludes halogenated alkanes) is 1. The van der Waals surface area contributed by atoms with Gasteiger partial charge < -0.3 is 25.6 Å². The van der Waals surface area contributed by atoms with Crippen LogP contribution in [0.2, 0.25) is 0 Å². The lowest BCUT2D eigenvalue weighted by Crippen LogP contribution is -2.33. The van der Waals surface area contributed by atoms with Crippen LogP contribution in [0.5, 0.6) is 0 Å². The molecule has 272 valence electrons. The molecule has 1 fully saturated rings. The summed E-state index contributed by atoms with van der Waals surface area (Å²) in [6.45, 7) is 8.00. The van der Waals surface area contributed by atoms with E-state index in [9.17, 15) is 13.2 Å². The highest BCUT2D eigenvalue weighted by Crippen LogP contribution is 2.32. The quantitative estimate of drug-likeness (QED) is 0.0990. The van der Waals surface area contributed by atoms with Crippen LogP contribution in [0.1, 0.15) is 66.7 Å². The first kappa shape index (κ1) is 38.6. The van der Waals surface area contributed by atoms with Gasteiger partial charge in [0.2, 0.25) is 16.0 Å². The first-order valence-corrected chi connectivity index (χ1v) is 18.8. The molecule has 12 heteroatoms. The van der Waals surface area contributed by atoms with Crippen LogP contribution >= 0.6 is 0 Å². The van der Waals surface area contributed by atoms with Crippen molar-refractivity contribution in [1.82, 2.24) is 20.0 Å². The average Bonchev–Trinajstić information content (AvgIpc) is 3.07. The van der Waals surface area contributed by atoms with E-state index in [0.29, 0.717) is 42.3 Å². The van der Waals surface area contributed by atoms with Crippen LogP contribution in [-0.4, -0.2) is 70.4 Å². The summed E-state index contributed by atoms with van der Waals surface area (Å²) < 4.78 is 35.0. The number of anilines is 3. The number of rotatable bonds is 14. The van der Waals surface area contributed by atoms with Gasteiger partial charge in [0.25, 0.3) is 0 Å². The summed E-state index contributed by atoms with van der Waals surface area (Å²) in [4.78, 5) is 23.8. The maximum atomic E-state index is 13.4. The summed E-state index contributed by atoms with van der Waals surface area (Å²) in [6.07, 6.45) is 5.21. The Hall–Kier alpha value is -4.16. The number of sulfonamides is 1. The van der Waals surface area contributed by atoms with Crippen molar-refractivity contribution in [1.29, 1.82) is 0 Å². The zero-order valence-electron chi connectivity index (χ0n) is 29.4. The number of alkyl carbamates (subject to hydrolysis) is 1. The standard InChI is InChI=1S/C37H51N7O4S.CH4/c1-37(2,3)48-36(45)39-23-9-8-22-38-34-30-12-6-7-15-31(30)42-35(43-34)40-24-26-18-20-27(21-19-26)25-41-49(46,47)33-17-11-13-28-29(33)14-10-16-32(28)44(4)5;/h6-7,10-17,26-27,41H,8-9,18-25H2,1-5H3,(H,39,45)(H2,38,40,42,43);1H4. The molecule has 1 saturated carbocycles. The topological polar surface area (TPSA) is 138 Å². The van der Waals surface area contributed by atoms with Crippen molar-refractivity contribution in [2.75, 3.05) is 55.8 Å². The maximum absolute atomic E-state index is 13.4. The van der Waals surface area contributed by atoms with Gasteiger partial charge in [-0.2, -0.15) is 4.98 Å². The van der Waals surface area contributed by atoms with E-state index >= 15 is 0 Å². The van der Waals surface area contributed by atoms with E-state index in [2.05, 4.69) is 20.7 Å². The Kier molecular flexibility index (Phi) is 13.3. The Balaban J connectivity index is 0.00000562. The number of nitrogens with zero attached hydrogens (tertiary/aromatic N) is 3. The molecule has 5 rings (SSSR count). The van der Waals surface area contributed by atoms with Crippen LogP contribution in [0.3, 0.4) is 0 Å².